The van der Waals surface area contributed by atoms with Crippen LogP contribution in [-0.2, 0) is 28.5 Å². The highest BCUT2D eigenvalue weighted by molar-refractivity contribution is 5.82. The molecule has 1 amide bonds. The summed E-state index contributed by atoms with van der Waals surface area (Å²) in [6.45, 7) is 6.83. The third kappa shape index (κ3) is 5.65. The zero-order chi connectivity index (χ0) is 31.2. The van der Waals surface area contributed by atoms with Crippen LogP contribution in [0.3, 0.4) is 0 Å². The Labute approximate surface area is 252 Å². The van der Waals surface area contributed by atoms with Crippen molar-refractivity contribution in [1.82, 2.24) is 20.1 Å². The van der Waals surface area contributed by atoms with Gasteiger partial charge in [0, 0.05) is 5.92 Å². The maximum atomic E-state index is 13.2. The minimum Gasteiger partial charge on any atom is -0.461 e. The lowest BCUT2D eigenvalue weighted by Gasteiger charge is -2.25. The second kappa shape index (κ2) is 11.6. The molecule has 3 heterocycles. The summed E-state index contributed by atoms with van der Waals surface area (Å²) in [6, 6.07) is 15.0. The van der Waals surface area contributed by atoms with Crippen LogP contribution >= 0.6 is 0 Å². The lowest BCUT2D eigenvalue weighted by Crippen LogP contribution is -2.46. The minimum absolute atomic E-state index is 0.103. The number of carbonyl (C=O) groups excluding carboxylic acids is 2. The zero-order valence-corrected chi connectivity index (χ0v) is 24.7. The Morgan fingerprint density at radius 3 is 2.25 bits per heavy atom. The number of fused-ring (bicyclic) bond motifs is 4. The average Bonchev–Trinajstić information content (AvgIpc) is 3.59. The number of ether oxygens (including phenoxy) is 5. The van der Waals surface area contributed by atoms with Crippen LogP contribution in [-0.4, -0.2) is 70.2 Å². The maximum Gasteiger partial charge on any atom is 0.407 e. The first kappa shape index (κ1) is 29.7. The van der Waals surface area contributed by atoms with Gasteiger partial charge in [-0.15, -0.1) is 0 Å². The molecule has 1 aliphatic carbocycles. The minimum atomic E-state index is -1.03. The van der Waals surface area contributed by atoms with Gasteiger partial charge in [0.15, 0.2) is 12.0 Å². The van der Waals surface area contributed by atoms with Crippen molar-refractivity contribution < 1.29 is 33.3 Å². The van der Waals surface area contributed by atoms with Crippen molar-refractivity contribution in [3.8, 4) is 11.1 Å². The van der Waals surface area contributed by atoms with Crippen LogP contribution < -0.4 is 16.6 Å². The molecule has 1 aromatic heterocycles. The summed E-state index contributed by atoms with van der Waals surface area (Å²) >= 11 is 0. The molecule has 13 nitrogen and oxygen atoms in total. The molecule has 5 atom stereocenters. The zero-order valence-electron chi connectivity index (χ0n) is 24.7. The topological polar surface area (TPSA) is 160 Å². The molecule has 3 aliphatic rings. The molecule has 2 aromatic carbocycles. The Balaban J connectivity index is 1.09. The van der Waals surface area contributed by atoms with E-state index >= 15 is 0 Å². The van der Waals surface area contributed by atoms with E-state index in [4.69, 9.17) is 23.7 Å². The number of amides is 1. The van der Waals surface area contributed by atoms with Gasteiger partial charge in [0.05, 0.1) is 0 Å². The molecule has 3 aromatic rings. The van der Waals surface area contributed by atoms with Crippen LogP contribution in [0.25, 0.3) is 11.1 Å². The summed E-state index contributed by atoms with van der Waals surface area (Å²) in [7, 11) is 0. The highest BCUT2D eigenvalue weighted by Gasteiger charge is 2.57. The van der Waals surface area contributed by atoms with Crippen LogP contribution in [0.4, 0.5) is 4.79 Å². The van der Waals surface area contributed by atoms with E-state index < -0.39 is 59.7 Å². The van der Waals surface area contributed by atoms with E-state index in [9.17, 15) is 19.2 Å². The van der Waals surface area contributed by atoms with Gasteiger partial charge >= 0.3 is 17.8 Å². The summed E-state index contributed by atoms with van der Waals surface area (Å²) < 4.78 is 30.1. The van der Waals surface area contributed by atoms with E-state index in [0.29, 0.717) is 0 Å². The van der Waals surface area contributed by atoms with Gasteiger partial charge in [-0.1, -0.05) is 62.4 Å². The summed E-state index contributed by atoms with van der Waals surface area (Å²) in [5.74, 6) is -2.13. The molecular formula is C31H34N4O9. The molecule has 0 spiro atoms. The van der Waals surface area contributed by atoms with Crippen LogP contribution in [0.1, 0.15) is 51.0 Å². The number of hydrogen-bond acceptors (Lipinski definition) is 10. The summed E-state index contributed by atoms with van der Waals surface area (Å²) in [6.07, 6.45) is -3.09. The van der Waals surface area contributed by atoms with Gasteiger partial charge in [0.25, 0.3) is 5.56 Å². The second-order valence-electron chi connectivity index (χ2n) is 11.8. The Morgan fingerprint density at radius 2 is 1.61 bits per heavy atom. The number of nitrogens with one attached hydrogen (secondary N) is 2. The Morgan fingerprint density at radius 1 is 0.977 bits per heavy atom. The largest absolute Gasteiger partial charge is 0.461 e. The number of esters is 1. The van der Waals surface area contributed by atoms with Crippen LogP contribution in [0.5, 0.6) is 0 Å². The number of nitrogens with zero attached hydrogens (tertiary/aromatic N) is 2. The van der Waals surface area contributed by atoms with Crippen LogP contribution in [0.15, 0.2) is 64.3 Å². The SMILES string of the molecule is CC(C)[C@@H](NC(=O)OCC1c2ccccc2-c2ccccc21)C(=O)OC[C@H]1O[C@@H](n2ncc(=O)[nH]c2=O)[C@@H]2OC(C)(C)O[C@@H]21. The van der Waals surface area contributed by atoms with Crippen molar-refractivity contribution in [2.45, 2.75) is 70.0 Å². The standard InChI is InChI=1S/C31H34N4O9/c1-16(2)24(34-30(39)41-14-21-19-11-7-5-9-17(19)18-10-6-8-12-20(18)21)28(37)40-15-22-25-26(44-31(3,4)43-25)27(42-22)35-29(38)33-23(36)13-32-35/h5-13,16,21-22,24-27H,14-15H2,1-4H3,(H,34,39)(H,33,36,38)/t22-,24-,25-,26-,27-/m1/s1. The van der Waals surface area contributed by atoms with Crippen molar-refractivity contribution in [1.29, 1.82) is 0 Å². The van der Waals surface area contributed by atoms with Gasteiger partial charge in [0.1, 0.15) is 43.8 Å². The molecule has 2 fully saturated rings. The molecule has 13 heteroatoms. The summed E-state index contributed by atoms with van der Waals surface area (Å²) in [4.78, 5) is 52.2. The van der Waals surface area contributed by atoms with E-state index in [1.54, 1.807) is 27.7 Å². The van der Waals surface area contributed by atoms with E-state index in [1.807, 2.05) is 36.4 Å². The number of hydrogen-bond donors (Lipinski definition) is 2. The first-order chi connectivity index (χ1) is 21.0. The van der Waals surface area contributed by atoms with Crippen molar-refractivity contribution >= 4 is 12.1 Å². The van der Waals surface area contributed by atoms with Gasteiger partial charge in [-0.05, 0) is 42.0 Å². The molecule has 2 saturated heterocycles. The van der Waals surface area contributed by atoms with Crippen LogP contribution in [0, 0.1) is 5.92 Å². The molecule has 0 radical (unpaired) electrons. The molecule has 44 heavy (non-hydrogen) atoms. The predicted octanol–water partition coefficient (Wildman–Crippen LogP) is 2.46. The Bertz CT molecular complexity index is 1640. The van der Waals surface area contributed by atoms with Crippen molar-refractivity contribution in [2.24, 2.45) is 5.92 Å². The maximum absolute atomic E-state index is 13.2. The number of carbonyl (C=O) groups is 2. The lowest BCUT2D eigenvalue weighted by molar-refractivity contribution is -0.204. The van der Waals surface area contributed by atoms with Gasteiger partial charge < -0.3 is 29.0 Å². The average molecular weight is 607 g/mol. The van der Waals surface area contributed by atoms with E-state index in [2.05, 4.69) is 27.5 Å². The Hall–Kier alpha value is -4.33. The molecular weight excluding hydrogens is 572 g/mol. The quantitative estimate of drug-likeness (QED) is 0.365. The van der Waals surface area contributed by atoms with Gasteiger partial charge in [-0.3, -0.25) is 9.78 Å². The van der Waals surface area contributed by atoms with Crippen molar-refractivity contribution in [3.05, 3.63) is 86.7 Å². The van der Waals surface area contributed by atoms with E-state index in [0.717, 1.165) is 33.1 Å². The van der Waals surface area contributed by atoms with Crippen molar-refractivity contribution in [2.75, 3.05) is 13.2 Å². The molecule has 0 unspecified atom stereocenters. The first-order valence-electron chi connectivity index (χ1n) is 14.5. The molecule has 2 N–H and O–H groups in total. The smallest absolute Gasteiger partial charge is 0.407 e. The fourth-order valence-electron chi connectivity index (χ4n) is 6.05. The third-order valence-electron chi connectivity index (χ3n) is 8.03. The van der Waals surface area contributed by atoms with Crippen LogP contribution in [0.2, 0.25) is 0 Å². The molecule has 232 valence electrons. The third-order valence-corrected chi connectivity index (χ3v) is 8.03. The number of alkyl carbamates (subject to hydrolysis) is 1. The van der Waals surface area contributed by atoms with Gasteiger partial charge in [0.2, 0.25) is 0 Å². The number of rotatable bonds is 8. The lowest BCUT2D eigenvalue weighted by atomic mass is 9.98. The molecule has 2 aliphatic heterocycles. The summed E-state index contributed by atoms with van der Waals surface area (Å²) in [5.41, 5.74) is 2.95. The fourth-order valence-corrected chi connectivity index (χ4v) is 6.05. The number of H-pyrrole nitrogens is 1. The molecule has 6 rings (SSSR count). The highest BCUT2D eigenvalue weighted by Crippen LogP contribution is 2.45. The number of aromatic nitrogens is 3. The highest BCUT2D eigenvalue weighted by atomic mass is 16.8. The number of aromatic amines is 1. The molecule has 0 bridgehead atoms. The van der Waals surface area contributed by atoms with Crippen molar-refractivity contribution in [3.63, 3.8) is 0 Å². The van der Waals surface area contributed by atoms with E-state index in [-0.39, 0.29) is 25.0 Å². The summed E-state index contributed by atoms with van der Waals surface area (Å²) in [5, 5.41) is 6.53. The Kier molecular flexibility index (Phi) is 7.86. The monoisotopic (exact) mass is 606 g/mol. The van der Waals surface area contributed by atoms with E-state index in [1.165, 1.54) is 0 Å². The van der Waals surface area contributed by atoms with Gasteiger partial charge in [-0.25, -0.2) is 14.4 Å². The van der Waals surface area contributed by atoms with Gasteiger partial charge in [-0.2, -0.15) is 9.78 Å². The fraction of sp³-hybridized carbons (Fsp3) is 0.452. The molecule has 0 saturated carbocycles. The number of benzene rings is 2. The first-order valence-corrected chi connectivity index (χ1v) is 14.5. The normalized spacial score (nSPS) is 23.9. The second-order valence-corrected chi connectivity index (χ2v) is 11.8. The predicted molar refractivity (Wildman–Crippen MR) is 155 cm³/mol.